The molecule has 0 aliphatic heterocycles. The van der Waals surface area contributed by atoms with Crippen molar-refractivity contribution >= 4 is 16.8 Å². The van der Waals surface area contributed by atoms with Gasteiger partial charge in [-0.25, -0.2) is 4.98 Å². The fourth-order valence-electron chi connectivity index (χ4n) is 3.27. The molecule has 2 atom stereocenters. The van der Waals surface area contributed by atoms with Gasteiger partial charge in [-0.05, 0) is 24.5 Å². The van der Waals surface area contributed by atoms with E-state index in [1.165, 1.54) is 6.42 Å². The van der Waals surface area contributed by atoms with Crippen molar-refractivity contribution in [1.82, 2.24) is 4.98 Å². The first-order chi connectivity index (χ1) is 11.4. The van der Waals surface area contributed by atoms with Gasteiger partial charge in [0.1, 0.15) is 6.26 Å². The Morgan fingerprint density at radius 2 is 2.09 bits per heavy atom. The lowest BCUT2D eigenvalue weighted by Gasteiger charge is -2.35. The minimum atomic E-state index is 0.387. The second kappa shape index (κ2) is 6.05. The molecule has 0 saturated heterocycles. The lowest BCUT2D eigenvalue weighted by atomic mass is 9.82. The van der Waals surface area contributed by atoms with Gasteiger partial charge in [0.2, 0.25) is 5.71 Å². The number of aromatic nitrogens is 1. The van der Waals surface area contributed by atoms with Crippen LogP contribution >= 0.6 is 0 Å². The van der Waals surface area contributed by atoms with Crippen LogP contribution in [0.5, 0.6) is 0 Å². The molecule has 1 saturated carbocycles. The van der Waals surface area contributed by atoms with E-state index in [2.05, 4.69) is 22.4 Å². The van der Waals surface area contributed by atoms with Crippen LogP contribution in [0.3, 0.4) is 0 Å². The second-order valence-electron chi connectivity index (χ2n) is 6.05. The highest BCUT2D eigenvalue weighted by Gasteiger charge is 2.30. The highest BCUT2D eigenvalue weighted by atomic mass is 16.5. The van der Waals surface area contributed by atoms with Crippen molar-refractivity contribution in [2.75, 3.05) is 19.0 Å². The molecule has 23 heavy (non-hydrogen) atoms. The molecule has 1 aromatic carbocycles. The molecule has 2 unspecified atom stereocenters. The number of hydrogen-bond acceptors (Lipinski definition) is 4. The summed E-state index contributed by atoms with van der Waals surface area (Å²) in [5, 5.41) is 4.62. The number of nitrogens with one attached hydrogen (secondary N) is 1. The number of methoxy groups -OCH3 is 1. The number of nitrogens with zero attached hydrogens (tertiary/aromatic N) is 1. The number of fused-ring (bicyclic) bond motifs is 1. The maximum Gasteiger partial charge on any atom is 0.228 e. The van der Waals surface area contributed by atoms with Crippen LogP contribution in [0.1, 0.15) is 12.8 Å². The van der Waals surface area contributed by atoms with Crippen LogP contribution in [0, 0.1) is 5.92 Å². The quantitative estimate of drug-likeness (QED) is 0.762. The van der Waals surface area contributed by atoms with Crippen LogP contribution in [-0.4, -0.2) is 24.7 Å². The zero-order chi connectivity index (χ0) is 15.6. The van der Waals surface area contributed by atoms with E-state index in [0.717, 1.165) is 35.2 Å². The van der Waals surface area contributed by atoms with Crippen LogP contribution in [0.15, 0.2) is 53.3 Å². The molecule has 0 amide bonds. The summed E-state index contributed by atoms with van der Waals surface area (Å²) in [4.78, 5) is 4.35. The summed E-state index contributed by atoms with van der Waals surface area (Å²) >= 11 is 0. The van der Waals surface area contributed by atoms with Gasteiger partial charge in [-0.15, -0.1) is 0 Å². The normalized spacial score (nSPS) is 20.4. The molecule has 4 heteroatoms. The van der Waals surface area contributed by atoms with E-state index in [0.29, 0.717) is 17.7 Å². The van der Waals surface area contributed by atoms with Crippen molar-refractivity contribution in [3.05, 3.63) is 48.9 Å². The Kier molecular flexibility index (Phi) is 3.75. The number of anilines is 1. The summed E-state index contributed by atoms with van der Waals surface area (Å²) in [6.07, 6.45) is 6.35. The predicted molar refractivity (Wildman–Crippen MR) is 91.5 cm³/mol. The Balaban J connectivity index is 1.65. The molecule has 1 aliphatic carbocycles. The van der Waals surface area contributed by atoms with E-state index in [9.17, 15) is 0 Å². The predicted octanol–water partition coefficient (Wildman–Crippen LogP) is 4.33. The third-order valence-electron chi connectivity index (χ3n) is 4.76. The van der Waals surface area contributed by atoms with Crippen molar-refractivity contribution in [1.29, 1.82) is 0 Å². The van der Waals surface area contributed by atoms with Gasteiger partial charge >= 0.3 is 0 Å². The van der Waals surface area contributed by atoms with Crippen LogP contribution in [0.4, 0.5) is 5.69 Å². The second-order valence-corrected chi connectivity index (χ2v) is 6.05. The van der Waals surface area contributed by atoms with Gasteiger partial charge in [-0.2, -0.15) is 0 Å². The fourth-order valence-corrected chi connectivity index (χ4v) is 3.27. The summed E-state index contributed by atoms with van der Waals surface area (Å²) in [7, 11) is 1.80. The third-order valence-corrected chi connectivity index (χ3v) is 4.76. The first-order valence-corrected chi connectivity index (χ1v) is 8.05. The summed E-state index contributed by atoms with van der Waals surface area (Å²) in [5.74, 6) is 0.579. The highest BCUT2D eigenvalue weighted by molar-refractivity contribution is 6.01. The van der Waals surface area contributed by atoms with Crippen LogP contribution < -0.4 is 5.32 Å². The van der Waals surface area contributed by atoms with Gasteiger partial charge in [-0.1, -0.05) is 30.3 Å². The Bertz CT molecular complexity index is 795. The molecule has 4 rings (SSSR count). The summed E-state index contributed by atoms with van der Waals surface area (Å²) < 4.78 is 11.1. The molecule has 0 spiro atoms. The van der Waals surface area contributed by atoms with Crippen molar-refractivity contribution in [3.63, 3.8) is 0 Å². The number of hydrogen-bond donors (Lipinski definition) is 1. The van der Waals surface area contributed by atoms with Crippen LogP contribution in [0.2, 0.25) is 0 Å². The SMILES string of the molecule is COC1CCC1CNc1ccnc2occ(-c3ccccc3)c12. The van der Waals surface area contributed by atoms with E-state index < -0.39 is 0 Å². The highest BCUT2D eigenvalue weighted by Crippen LogP contribution is 2.36. The van der Waals surface area contributed by atoms with E-state index in [-0.39, 0.29) is 0 Å². The summed E-state index contributed by atoms with van der Waals surface area (Å²) in [6.45, 7) is 0.914. The Morgan fingerprint density at radius 1 is 1.22 bits per heavy atom. The minimum absolute atomic E-state index is 0.387. The van der Waals surface area contributed by atoms with Gasteiger partial charge in [0.15, 0.2) is 0 Å². The molecular weight excluding hydrogens is 288 g/mol. The number of benzene rings is 1. The molecule has 1 N–H and O–H groups in total. The fraction of sp³-hybridized carbons (Fsp3) is 0.316. The standard InChI is InChI=1S/C19H20N2O2/c1-22-17-8-7-14(17)11-21-16-9-10-20-19-18(16)15(12-23-19)13-5-3-2-4-6-13/h2-6,9-10,12,14,17H,7-8,11H2,1H3,(H,20,21). The molecule has 1 aliphatic rings. The lowest BCUT2D eigenvalue weighted by molar-refractivity contribution is -0.0100. The van der Waals surface area contributed by atoms with E-state index in [4.69, 9.17) is 9.15 Å². The lowest BCUT2D eigenvalue weighted by Crippen LogP contribution is -2.37. The van der Waals surface area contributed by atoms with Crippen molar-refractivity contribution in [2.24, 2.45) is 5.92 Å². The number of rotatable bonds is 5. The Hall–Kier alpha value is -2.33. The van der Waals surface area contributed by atoms with Crippen molar-refractivity contribution < 1.29 is 9.15 Å². The molecule has 2 heterocycles. The van der Waals surface area contributed by atoms with Crippen LogP contribution in [-0.2, 0) is 4.74 Å². The Morgan fingerprint density at radius 3 is 2.83 bits per heavy atom. The maximum absolute atomic E-state index is 5.66. The van der Waals surface area contributed by atoms with Gasteiger partial charge in [0.25, 0.3) is 0 Å². The smallest absolute Gasteiger partial charge is 0.228 e. The molecule has 0 bridgehead atoms. The Labute approximate surface area is 135 Å². The number of furan rings is 1. The van der Waals surface area contributed by atoms with Gasteiger partial charge < -0.3 is 14.5 Å². The van der Waals surface area contributed by atoms with Crippen LogP contribution in [0.25, 0.3) is 22.2 Å². The van der Waals surface area contributed by atoms with Crippen molar-refractivity contribution in [3.8, 4) is 11.1 Å². The average molecular weight is 308 g/mol. The summed E-state index contributed by atoms with van der Waals surface area (Å²) in [5.41, 5.74) is 3.96. The van der Waals surface area contributed by atoms with Gasteiger partial charge in [0, 0.05) is 37.0 Å². The summed E-state index contributed by atoms with van der Waals surface area (Å²) in [6, 6.07) is 12.3. The van der Waals surface area contributed by atoms with Crippen molar-refractivity contribution in [2.45, 2.75) is 18.9 Å². The first-order valence-electron chi connectivity index (χ1n) is 8.05. The third kappa shape index (κ3) is 2.59. The monoisotopic (exact) mass is 308 g/mol. The first kappa shape index (κ1) is 14.3. The number of ether oxygens (including phenoxy) is 1. The van der Waals surface area contributed by atoms with Gasteiger partial charge in [0.05, 0.1) is 11.5 Å². The molecule has 4 nitrogen and oxygen atoms in total. The molecular formula is C19H20N2O2. The molecule has 3 aromatic rings. The molecule has 2 aromatic heterocycles. The topological polar surface area (TPSA) is 47.3 Å². The zero-order valence-electron chi connectivity index (χ0n) is 13.2. The van der Waals surface area contributed by atoms with E-state index in [1.807, 2.05) is 24.3 Å². The average Bonchev–Trinajstić information content (AvgIpc) is 3.00. The zero-order valence-corrected chi connectivity index (χ0v) is 13.2. The van der Waals surface area contributed by atoms with E-state index >= 15 is 0 Å². The van der Waals surface area contributed by atoms with Gasteiger partial charge in [-0.3, -0.25) is 0 Å². The molecule has 1 fully saturated rings. The largest absolute Gasteiger partial charge is 0.445 e. The molecule has 0 radical (unpaired) electrons. The minimum Gasteiger partial charge on any atom is -0.445 e. The maximum atomic E-state index is 5.66. The number of pyridine rings is 1. The van der Waals surface area contributed by atoms with E-state index in [1.54, 1.807) is 19.6 Å². The molecule has 118 valence electrons.